The van der Waals surface area contributed by atoms with E-state index in [9.17, 15) is 9.59 Å². The van der Waals surface area contributed by atoms with Gasteiger partial charge in [0.05, 0.1) is 18.1 Å². The molecule has 0 saturated carbocycles. The van der Waals surface area contributed by atoms with Gasteiger partial charge < -0.3 is 9.47 Å². The first kappa shape index (κ1) is 23.0. The first-order valence-corrected chi connectivity index (χ1v) is 12.5. The van der Waals surface area contributed by atoms with Crippen LogP contribution in [-0.2, 0) is 4.79 Å². The van der Waals surface area contributed by atoms with Crippen molar-refractivity contribution in [2.75, 3.05) is 19.8 Å². The lowest BCUT2D eigenvalue weighted by atomic mass is 10.0. The van der Waals surface area contributed by atoms with Crippen molar-refractivity contribution < 1.29 is 19.1 Å². The molecule has 1 fully saturated rings. The summed E-state index contributed by atoms with van der Waals surface area (Å²) in [5.41, 5.74) is 0.814. The van der Waals surface area contributed by atoms with Gasteiger partial charge in [-0.3, -0.25) is 14.5 Å². The molecule has 0 radical (unpaired) electrons. The van der Waals surface area contributed by atoms with Crippen LogP contribution in [0.5, 0.6) is 11.5 Å². The highest BCUT2D eigenvalue weighted by atomic mass is 32.2. The molecular formula is C29H25NO4S. The lowest BCUT2D eigenvalue weighted by Gasteiger charge is -2.14. The molecule has 4 aromatic carbocycles. The number of ether oxygens (including phenoxy) is 2. The lowest BCUT2D eigenvalue weighted by molar-refractivity contribution is -0.123. The van der Waals surface area contributed by atoms with E-state index in [1.807, 2.05) is 85.8 Å². The molecule has 0 N–H and O–H groups in total. The quantitative estimate of drug-likeness (QED) is 0.255. The Morgan fingerprint density at radius 2 is 1.46 bits per heavy atom. The standard InChI is InChI=1S/C29H25NO4S/c1-2-17-33-26-15-14-21-9-3-5-11-22(21)24(26)19-27-28(31)30(29(32)35-27)16-18-34-25-13-7-10-20-8-4-6-12-23(20)25/h3-15,19H,2,16-18H2,1H3/b27-19-. The molecule has 0 bridgehead atoms. The predicted molar refractivity (Wildman–Crippen MR) is 142 cm³/mol. The Labute approximate surface area is 208 Å². The van der Waals surface area contributed by atoms with E-state index in [0.29, 0.717) is 17.3 Å². The van der Waals surface area contributed by atoms with E-state index in [1.54, 1.807) is 6.08 Å². The Bertz CT molecular complexity index is 1440. The van der Waals surface area contributed by atoms with E-state index < -0.39 is 0 Å². The molecule has 1 heterocycles. The first-order valence-electron chi connectivity index (χ1n) is 11.7. The second-order valence-electron chi connectivity index (χ2n) is 8.21. The maximum atomic E-state index is 13.2. The van der Waals surface area contributed by atoms with E-state index >= 15 is 0 Å². The molecule has 5 nitrogen and oxygen atoms in total. The summed E-state index contributed by atoms with van der Waals surface area (Å²) in [6.45, 7) is 3.02. The largest absolute Gasteiger partial charge is 0.493 e. The number of hydrogen-bond donors (Lipinski definition) is 0. The second kappa shape index (κ2) is 10.2. The summed E-state index contributed by atoms with van der Waals surface area (Å²) in [5, 5.41) is 3.81. The summed E-state index contributed by atoms with van der Waals surface area (Å²) in [4.78, 5) is 27.5. The molecule has 176 valence electrons. The van der Waals surface area contributed by atoms with Gasteiger partial charge in [0.15, 0.2) is 0 Å². The minimum atomic E-state index is -0.309. The van der Waals surface area contributed by atoms with E-state index in [4.69, 9.17) is 9.47 Å². The zero-order valence-electron chi connectivity index (χ0n) is 19.4. The third kappa shape index (κ3) is 4.75. The van der Waals surface area contributed by atoms with Crippen LogP contribution in [0.15, 0.2) is 83.8 Å². The number of amides is 2. The molecule has 2 amide bonds. The second-order valence-corrected chi connectivity index (χ2v) is 9.20. The van der Waals surface area contributed by atoms with Crippen molar-refractivity contribution in [2.45, 2.75) is 13.3 Å². The van der Waals surface area contributed by atoms with E-state index in [2.05, 4.69) is 0 Å². The van der Waals surface area contributed by atoms with E-state index in [0.717, 1.165) is 51.0 Å². The molecule has 1 aliphatic rings. The fourth-order valence-corrected chi connectivity index (χ4v) is 5.00. The third-order valence-electron chi connectivity index (χ3n) is 5.86. The Morgan fingerprint density at radius 3 is 2.26 bits per heavy atom. The summed E-state index contributed by atoms with van der Waals surface area (Å²) in [6.07, 6.45) is 2.66. The van der Waals surface area contributed by atoms with Crippen molar-refractivity contribution in [3.05, 3.63) is 89.3 Å². The van der Waals surface area contributed by atoms with Crippen LogP contribution in [-0.4, -0.2) is 35.8 Å². The number of thioether (sulfide) groups is 1. The Hall–Kier alpha value is -3.77. The fraction of sp³-hybridized carbons (Fsp3) is 0.172. The van der Waals surface area contributed by atoms with Gasteiger partial charge in [-0.2, -0.15) is 0 Å². The average Bonchev–Trinajstić information content (AvgIpc) is 3.15. The summed E-state index contributed by atoms with van der Waals surface area (Å²) in [5.74, 6) is 1.13. The summed E-state index contributed by atoms with van der Waals surface area (Å²) >= 11 is 0.954. The van der Waals surface area contributed by atoms with Crippen LogP contribution in [0, 0.1) is 0 Å². The molecular weight excluding hydrogens is 458 g/mol. The minimum Gasteiger partial charge on any atom is -0.493 e. The first-order chi connectivity index (χ1) is 17.2. The van der Waals surface area contributed by atoms with Gasteiger partial charge in [-0.1, -0.05) is 73.7 Å². The number of rotatable bonds is 8. The van der Waals surface area contributed by atoms with Crippen molar-refractivity contribution >= 4 is 50.5 Å². The smallest absolute Gasteiger partial charge is 0.293 e. The number of fused-ring (bicyclic) bond motifs is 2. The Morgan fingerprint density at radius 1 is 0.771 bits per heavy atom. The van der Waals surface area contributed by atoms with Gasteiger partial charge in [-0.25, -0.2) is 0 Å². The molecule has 6 heteroatoms. The highest BCUT2D eigenvalue weighted by Crippen LogP contribution is 2.37. The minimum absolute atomic E-state index is 0.181. The molecule has 0 unspecified atom stereocenters. The van der Waals surface area contributed by atoms with Crippen molar-refractivity contribution in [3.63, 3.8) is 0 Å². The van der Waals surface area contributed by atoms with Crippen LogP contribution in [0.4, 0.5) is 4.79 Å². The number of carbonyl (C=O) groups is 2. The fourth-order valence-electron chi connectivity index (χ4n) is 4.15. The summed E-state index contributed by atoms with van der Waals surface area (Å²) < 4.78 is 11.9. The normalized spacial score (nSPS) is 14.9. The molecule has 4 aromatic rings. The molecule has 0 aromatic heterocycles. The lowest BCUT2D eigenvalue weighted by Crippen LogP contribution is -2.32. The van der Waals surface area contributed by atoms with Crippen LogP contribution >= 0.6 is 11.8 Å². The van der Waals surface area contributed by atoms with E-state index in [-0.39, 0.29) is 24.3 Å². The topological polar surface area (TPSA) is 55.8 Å². The van der Waals surface area contributed by atoms with Crippen LogP contribution in [0.3, 0.4) is 0 Å². The van der Waals surface area contributed by atoms with Gasteiger partial charge >= 0.3 is 0 Å². The van der Waals surface area contributed by atoms with Crippen LogP contribution in [0.25, 0.3) is 27.6 Å². The van der Waals surface area contributed by atoms with Gasteiger partial charge in [0.1, 0.15) is 18.1 Å². The number of carbonyl (C=O) groups excluding carboxylic acids is 2. The Kier molecular flexibility index (Phi) is 6.73. The van der Waals surface area contributed by atoms with Crippen molar-refractivity contribution in [2.24, 2.45) is 0 Å². The van der Waals surface area contributed by atoms with Crippen LogP contribution in [0.2, 0.25) is 0 Å². The molecule has 5 rings (SSSR count). The molecule has 35 heavy (non-hydrogen) atoms. The van der Waals surface area contributed by atoms with Gasteiger partial charge in [-0.15, -0.1) is 0 Å². The summed E-state index contributed by atoms with van der Waals surface area (Å²) in [7, 11) is 0. The van der Waals surface area contributed by atoms with Crippen molar-refractivity contribution in [3.8, 4) is 11.5 Å². The number of imide groups is 1. The maximum Gasteiger partial charge on any atom is 0.293 e. The molecule has 0 aliphatic carbocycles. The van der Waals surface area contributed by atoms with Gasteiger partial charge in [0, 0.05) is 10.9 Å². The van der Waals surface area contributed by atoms with Gasteiger partial charge in [-0.05, 0) is 52.6 Å². The van der Waals surface area contributed by atoms with Gasteiger partial charge in [0.25, 0.3) is 11.1 Å². The van der Waals surface area contributed by atoms with Gasteiger partial charge in [0.2, 0.25) is 0 Å². The maximum absolute atomic E-state index is 13.2. The zero-order chi connectivity index (χ0) is 24.2. The van der Waals surface area contributed by atoms with Crippen LogP contribution in [0.1, 0.15) is 18.9 Å². The molecule has 1 aliphatic heterocycles. The average molecular weight is 484 g/mol. The Balaban J connectivity index is 1.36. The van der Waals surface area contributed by atoms with Crippen LogP contribution < -0.4 is 9.47 Å². The number of nitrogens with zero attached hydrogens (tertiary/aromatic N) is 1. The zero-order valence-corrected chi connectivity index (χ0v) is 20.2. The highest BCUT2D eigenvalue weighted by molar-refractivity contribution is 8.18. The van der Waals surface area contributed by atoms with Crippen molar-refractivity contribution in [1.29, 1.82) is 0 Å². The summed E-state index contributed by atoms with van der Waals surface area (Å²) in [6, 6.07) is 25.7. The molecule has 0 atom stereocenters. The third-order valence-corrected chi connectivity index (χ3v) is 6.77. The highest BCUT2D eigenvalue weighted by Gasteiger charge is 2.35. The number of hydrogen-bond acceptors (Lipinski definition) is 5. The van der Waals surface area contributed by atoms with Crippen molar-refractivity contribution in [1.82, 2.24) is 4.90 Å². The molecule has 1 saturated heterocycles. The SMILES string of the molecule is CCCOc1ccc2ccccc2c1/C=C1\SC(=O)N(CCOc2cccc3ccccc23)C1=O. The number of benzene rings is 4. The monoisotopic (exact) mass is 483 g/mol. The van der Waals surface area contributed by atoms with E-state index in [1.165, 1.54) is 4.90 Å². The predicted octanol–water partition coefficient (Wildman–Crippen LogP) is 6.90. The molecule has 0 spiro atoms.